The summed E-state index contributed by atoms with van der Waals surface area (Å²) in [7, 11) is 2.00. The predicted molar refractivity (Wildman–Crippen MR) is 76.1 cm³/mol. The van der Waals surface area contributed by atoms with Crippen molar-refractivity contribution in [1.29, 1.82) is 0 Å². The van der Waals surface area contributed by atoms with Crippen LogP contribution < -0.4 is 4.90 Å². The first-order valence-electron chi connectivity index (χ1n) is 6.17. The van der Waals surface area contributed by atoms with Crippen LogP contribution in [0.5, 0.6) is 0 Å². The molecule has 1 saturated carbocycles. The molecule has 0 radical (unpaired) electrons. The highest BCUT2D eigenvalue weighted by atomic mass is 79.9. The van der Waals surface area contributed by atoms with Gasteiger partial charge in [0.25, 0.3) is 0 Å². The highest BCUT2D eigenvalue weighted by Gasteiger charge is 2.28. The summed E-state index contributed by atoms with van der Waals surface area (Å²) in [6, 6.07) is 5.72. The van der Waals surface area contributed by atoms with Crippen LogP contribution in [0.2, 0.25) is 0 Å². The van der Waals surface area contributed by atoms with Crippen molar-refractivity contribution in [2.75, 3.05) is 18.5 Å². The van der Waals surface area contributed by atoms with Crippen molar-refractivity contribution in [3.63, 3.8) is 0 Å². The van der Waals surface area contributed by atoms with E-state index in [1.807, 2.05) is 25.2 Å². The second-order valence-electron chi connectivity index (χ2n) is 5.09. The minimum Gasteiger partial charge on any atom is -0.393 e. The van der Waals surface area contributed by atoms with Gasteiger partial charge in [-0.15, -0.1) is 0 Å². The summed E-state index contributed by atoms with van der Waals surface area (Å²) in [5.41, 5.74) is 1.71. The smallest absolute Gasteiger partial charge is 0.161 e. The van der Waals surface area contributed by atoms with Gasteiger partial charge in [-0.1, -0.05) is 15.9 Å². The summed E-state index contributed by atoms with van der Waals surface area (Å²) < 4.78 is 0.975. The number of nitrogens with zero attached hydrogens (tertiary/aromatic N) is 1. The summed E-state index contributed by atoms with van der Waals surface area (Å²) in [6.45, 7) is 2.47. The Morgan fingerprint density at radius 1 is 1.50 bits per heavy atom. The Morgan fingerprint density at radius 2 is 2.17 bits per heavy atom. The number of Topliss-reactive ketones (excluding diaryl/α,β-unsaturated/α-hetero) is 1. The highest BCUT2D eigenvalue weighted by molar-refractivity contribution is 9.10. The van der Waals surface area contributed by atoms with Gasteiger partial charge in [0, 0.05) is 29.3 Å². The second-order valence-corrected chi connectivity index (χ2v) is 6.01. The quantitative estimate of drug-likeness (QED) is 0.869. The first-order valence-corrected chi connectivity index (χ1v) is 6.96. The Balaban J connectivity index is 2.15. The number of aliphatic hydroxyl groups excluding tert-OH is 1. The summed E-state index contributed by atoms with van der Waals surface area (Å²) in [4.78, 5) is 13.7. The predicted octanol–water partition coefficient (Wildman–Crippen LogP) is 2.86. The molecule has 0 aliphatic heterocycles. The lowest BCUT2D eigenvalue weighted by molar-refractivity contribution is 0.0464. The molecular weight excluding hydrogens is 294 g/mol. The summed E-state index contributed by atoms with van der Waals surface area (Å²) in [5.74, 6) is 0.613. The van der Waals surface area contributed by atoms with E-state index < -0.39 is 0 Å². The fourth-order valence-electron chi connectivity index (χ4n) is 2.45. The summed E-state index contributed by atoms with van der Waals surface area (Å²) in [5, 5.41) is 9.31. The molecule has 2 rings (SSSR count). The van der Waals surface area contributed by atoms with E-state index in [-0.39, 0.29) is 11.9 Å². The number of aliphatic hydroxyl groups is 1. The average Bonchev–Trinajstić information content (AvgIpc) is 2.26. The molecule has 3 nitrogen and oxygen atoms in total. The third-order valence-electron chi connectivity index (χ3n) is 3.49. The monoisotopic (exact) mass is 311 g/mol. The Bertz CT molecular complexity index is 455. The lowest BCUT2D eigenvalue weighted by atomic mass is 9.82. The molecule has 18 heavy (non-hydrogen) atoms. The first kappa shape index (κ1) is 13.6. The summed E-state index contributed by atoms with van der Waals surface area (Å²) >= 11 is 3.44. The standard InChI is InChI=1S/C14H18BrNO2/c1-9(17)13-4-3-11(15)7-14(13)16(2)8-10-5-12(18)6-10/h3-4,7,10,12,18H,5-6,8H2,1-2H3. The van der Waals surface area contributed by atoms with Crippen LogP contribution in [0.1, 0.15) is 30.1 Å². The van der Waals surface area contributed by atoms with Gasteiger partial charge < -0.3 is 10.0 Å². The van der Waals surface area contributed by atoms with Crippen LogP contribution in [0.15, 0.2) is 22.7 Å². The number of carbonyl (C=O) groups excluding carboxylic acids is 1. The zero-order chi connectivity index (χ0) is 13.3. The van der Waals surface area contributed by atoms with E-state index >= 15 is 0 Å². The van der Waals surface area contributed by atoms with Crippen molar-refractivity contribution >= 4 is 27.4 Å². The third kappa shape index (κ3) is 2.93. The van der Waals surface area contributed by atoms with E-state index in [0.29, 0.717) is 5.92 Å². The van der Waals surface area contributed by atoms with Gasteiger partial charge in [0.1, 0.15) is 0 Å². The van der Waals surface area contributed by atoms with E-state index in [2.05, 4.69) is 20.8 Å². The van der Waals surface area contributed by atoms with Crippen molar-refractivity contribution in [2.45, 2.75) is 25.9 Å². The molecule has 0 atom stereocenters. The maximum atomic E-state index is 11.6. The molecule has 1 fully saturated rings. The molecule has 1 aliphatic rings. The van der Waals surface area contributed by atoms with E-state index in [0.717, 1.165) is 35.1 Å². The number of benzene rings is 1. The SMILES string of the molecule is CC(=O)c1ccc(Br)cc1N(C)CC1CC(O)C1. The Kier molecular flexibility index (Phi) is 4.07. The number of halogens is 1. The maximum absolute atomic E-state index is 11.6. The second kappa shape index (κ2) is 5.41. The number of hydrogen-bond acceptors (Lipinski definition) is 3. The van der Waals surface area contributed by atoms with E-state index in [9.17, 15) is 9.90 Å². The minimum absolute atomic E-state index is 0.0815. The number of rotatable bonds is 4. The number of hydrogen-bond donors (Lipinski definition) is 1. The van der Waals surface area contributed by atoms with Gasteiger partial charge in [0.2, 0.25) is 0 Å². The van der Waals surface area contributed by atoms with Crippen molar-refractivity contribution < 1.29 is 9.90 Å². The van der Waals surface area contributed by atoms with Crippen molar-refractivity contribution in [2.24, 2.45) is 5.92 Å². The van der Waals surface area contributed by atoms with Crippen LogP contribution in [-0.4, -0.2) is 30.6 Å². The van der Waals surface area contributed by atoms with Gasteiger partial charge >= 0.3 is 0 Å². The van der Waals surface area contributed by atoms with Crippen LogP contribution in [0, 0.1) is 5.92 Å². The van der Waals surface area contributed by atoms with Gasteiger partial charge in [-0.2, -0.15) is 0 Å². The molecule has 0 spiro atoms. The van der Waals surface area contributed by atoms with Gasteiger partial charge in [-0.25, -0.2) is 0 Å². The van der Waals surface area contributed by atoms with Gasteiger partial charge in [0.05, 0.1) is 6.10 Å². The van der Waals surface area contributed by atoms with Gasteiger partial charge in [0.15, 0.2) is 5.78 Å². The Morgan fingerprint density at radius 3 is 2.72 bits per heavy atom. The molecule has 4 heteroatoms. The highest BCUT2D eigenvalue weighted by Crippen LogP contribution is 2.31. The fourth-order valence-corrected chi connectivity index (χ4v) is 2.80. The van der Waals surface area contributed by atoms with Crippen LogP contribution in [0.4, 0.5) is 5.69 Å². The van der Waals surface area contributed by atoms with Crippen LogP contribution in [-0.2, 0) is 0 Å². The van der Waals surface area contributed by atoms with Crippen LogP contribution >= 0.6 is 15.9 Å². The summed E-state index contributed by atoms with van der Waals surface area (Å²) in [6.07, 6.45) is 1.61. The maximum Gasteiger partial charge on any atom is 0.161 e. The molecule has 1 aromatic rings. The molecule has 1 aliphatic carbocycles. The Labute approximate surface area is 116 Å². The molecule has 0 heterocycles. The average molecular weight is 312 g/mol. The lowest BCUT2D eigenvalue weighted by Gasteiger charge is -2.35. The minimum atomic E-state index is -0.127. The van der Waals surface area contributed by atoms with Crippen molar-refractivity contribution in [3.05, 3.63) is 28.2 Å². The molecule has 1 N–H and O–H groups in total. The van der Waals surface area contributed by atoms with Crippen LogP contribution in [0.3, 0.4) is 0 Å². The molecule has 0 bridgehead atoms. The van der Waals surface area contributed by atoms with Crippen molar-refractivity contribution in [3.8, 4) is 0 Å². The third-order valence-corrected chi connectivity index (χ3v) is 3.99. The molecule has 0 amide bonds. The topological polar surface area (TPSA) is 40.5 Å². The van der Waals surface area contributed by atoms with E-state index in [4.69, 9.17) is 0 Å². The van der Waals surface area contributed by atoms with Gasteiger partial charge in [-0.3, -0.25) is 4.79 Å². The molecular formula is C14H18BrNO2. The molecule has 98 valence electrons. The molecule has 1 aromatic carbocycles. The van der Waals surface area contributed by atoms with Crippen LogP contribution in [0.25, 0.3) is 0 Å². The number of ketones is 1. The van der Waals surface area contributed by atoms with Crippen molar-refractivity contribution in [1.82, 2.24) is 0 Å². The van der Waals surface area contributed by atoms with E-state index in [1.54, 1.807) is 6.92 Å². The van der Waals surface area contributed by atoms with Gasteiger partial charge in [-0.05, 0) is 43.9 Å². The van der Waals surface area contributed by atoms with E-state index in [1.165, 1.54) is 0 Å². The zero-order valence-electron chi connectivity index (χ0n) is 10.7. The number of anilines is 1. The normalized spacial score (nSPS) is 22.4. The molecule has 0 unspecified atom stereocenters. The molecule has 0 saturated heterocycles. The molecule has 0 aromatic heterocycles. The largest absolute Gasteiger partial charge is 0.393 e. The Hall–Kier alpha value is -0.870. The lowest BCUT2D eigenvalue weighted by Crippen LogP contribution is -2.37. The fraction of sp³-hybridized carbons (Fsp3) is 0.500. The first-order chi connectivity index (χ1) is 8.47. The number of carbonyl (C=O) groups is 1. The zero-order valence-corrected chi connectivity index (χ0v) is 12.3.